The minimum absolute atomic E-state index is 0.190. The standard InChI is InChI=1S/C17H27NO2/c1-17(2,3)20-13-15(19)12-18-11-7-10-16(18)14-8-5-4-6-9-14/h4-6,8-9,15-16,19H,7,10-13H2,1-3H3. The minimum atomic E-state index is -0.418. The molecule has 0 bridgehead atoms. The van der Waals surface area contributed by atoms with Crippen LogP contribution in [0.15, 0.2) is 30.3 Å². The lowest BCUT2D eigenvalue weighted by molar-refractivity contribution is -0.0569. The number of aliphatic hydroxyl groups excluding tert-OH is 1. The highest BCUT2D eigenvalue weighted by Gasteiger charge is 2.27. The molecule has 1 fully saturated rings. The van der Waals surface area contributed by atoms with Crippen molar-refractivity contribution in [3.63, 3.8) is 0 Å². The quantitative estimate of drug-likeness (QED) is 0.898. The molecule has 3 heteroatoms. The van der Waals surface area contributed by atoms with E-state index in [1.807, 2.05) is 20.8 Å². The van der Waals surface area contributed by atoms with Crippen LogP contribution in [0.1, 0.15) is 45.2 Å². The van der Waals surface area contributed by atoms with E-state index >= 15 is 0 Å². The summed E-state index contributed by atoms with van der Waals surface area (Å²) in [6, 6.07) is 11.0. The van der Waals surface area contributed by atoms with Crippen LogP contribution in [0.25, 0.3) is 0 Å². The van der Waals surface area contributed by atoms with Crippen LogP contribution in [-0.4, -0.2) is 41.4 Å². The van der Waals surface area contributed by atoms with Gasteiger partial charge < -0.3 is 9.84 Å². The summed E-state index contributed by atoms with van der Waals surface area (Å²) in [5, 5.41) is 10.2. The zero-order valence-corrected chi connectivity index (χ0v) is 12.9. The molecule has 112 valence electrons. The van der Waals surface area contributed by atoms with Gasteiger partial charge in [0.15, 0.2) is 0 Å². The maximum absolute atomic E-state index is 10.2. The van der Waals surface area contributed by atoms with Gasteiger partial charge in [0.25, 0.3) is 0 Å². The second-order valence-electron chi connectivity index (χ2n) is 6.64. The first-order chi connectivity index (χ1) is 9.46. The SMILES string of the molecule is CC(C)(C)OCC(O)CN1CCCC1c1ccccc1. The van der Waals surface area contributed by atoms with E-state index in [2.05, 4.69) is 35.2 Å². The maximum atomic E-state index is 10.2. The normalized spacial score (nSPS) is 22.1. The van der Waals surface area contributed by atoms with Crippen molar-refractivity contribution in [2.45, 2.75) is 51.4 Å². The molecule has 2 unspecified atom stereocenters. The van der Waals surface area contributed by atoms with Crippen LogP contribution < -0.4 is 0 Å². The van der Waals surface area contributed by atoms with Crippen molar-refractivity contribution < 1.29 is 9.84 Å². The fourth-order valence-corrected chi connectivity index (χ4v) is 2.77. The van der Waals surface area contributed by atoms with E-state index in [9.17, 15) is 5.11 Å². The number of ether oxygens (including phenoxy) is 1. The highest BCUT2D eigenvalue weighted by Crippen LogP contribution is 2.31. The third-order valence-electron chi connectivity index (χ3n) is 3.70. The van der Waals surface area contributed by atoms with E-state index in [4.69, 9.17) is 4.74 Å². The molecule has 0 aliphatic carbocycles. The number of hydrogen-bond donors (Lipinski definition) is 1. The molecule has 0 spiro atoms. The molecular formula is C17H27NO2. The Morgan fingerprint density at radius 2 is 2.00 bits per heavy atom. The lowest BCUT2D eigenvalue weighted by atomic mass is 10.0. The average Bonchev–Trinajstić information content (AvgIpc) is 2.85. The van der Waals surface area contributed by atoms with Gasteiger partial charge in [-0.25, -0.2) is 0 Å². The lowest BCUT2D eigenvalue weighted by Gasteiger charge is -2.28. The van der Waals surface area contributed by atoms with E-state index in [-0.39, 0.29) is 5.60 Å². The summed E-state index contributed by atoms with van der Waals surface area (Å²) in [5.74, 6) is 0. The number of nitrogens with zero attached hydrogens (tertiary/aromatic N) is 1. The Morgan fingerprint density at radius 3 is 2.65 bits per heavy atom. The fourth-order valence-electron chi connectivity index (χ4n) is 2.77. The number of rotatable bonds is 5. The first-order valence-electron chi connectivity index (χ1n) is 7.57. The molecule has 1 saturated heterocycles. The zero-order chi connectivity index (χ0) is 14.6. The van der Waals surface area contributed by atoms with Gasteiger partial charge in [-0.3, -0.25) is 4.90 Å². The Hall–Kier alpha value is -0.900. The highest BCUT2D eigenvalue weighted by atomic mass is 16.5. The summed E-state index contributed by atoms with van der Waals surface area (Å²) < 4.78 is 5.67. The first kappa shape index (κ1) is 15.5. The molecule has 1 N–H and O–H groups in total. The van der Waals surface area contributed by atoms with Gasteiger partial charge in [0.2, 0.25) is 0 Å². The Bertz CT molecular complexity index is 399. The monoisotopic (exact) mass is 277 g/mol. The third-order valence-corrected chi connectivity index (χ3v) is 3.70. The molecule has 20 heavy (non-hydrogen) atoms. The molecule has 0 radical (unpaired) electrons. The summed E-state index contributed by atoms with van der Waals surface area (Å²) in [7, 11) is 0. The summed E-state index contributed by atoms with van der Waals surface area (Å²) >= 11 is 0. The van der Waals surface area contributed by atoms with Gasteiger partial charge in [0.05, 0.1) is 18.3 Å². The summed E-state index contributed by atoms with van der Waals surface area (Å²) in [5.41, 5.74) is 1.17. The number of benzene rings is 1. The second kappa shape index (κ2) is 6.70. The molecular weight excluding hydrogens is 250 g/mol. The van der Waals surface area contributed by atoms with Crippen LogP contribution in [0.2, 0.25) is 0 Å². The number of hydrogen-bond acceptors (Lipinski definition) is 3. The van der Waals surface area contributed by atoms with E-state index in [1.54, 1.807) is 0 Å². The molecule has 2 atom stereocenters. The van der Waals surface area contributed by atoms with Crippen molar-refractivity contribution in [1.82, 2.24) is 4.90 Å². The molecule has 0 saturated carbocycles. The van der Waals surface area contributed by atoms with Crippen molar-refractivity contribution in [2.24, 2.45) is 0 Å². The van der Waals surface area contributed by atoms with Gasteiger partial charge in [-0.05, 0) is 45.7 Å². The van der Waals surface area contributed by atoms with Gasteiger partial charge >= 0.3 is 0 Å². The first-order valence-corrected chi connectivity index (χ1v) is 7.57. The van der Waals surface area contributed by atoms with Crippen LogP contribution in [0.3, 0.4) is 0 Å². The topological polar surface area (TPSA) is 32.7 Å². The van der Waals surface area contributed by atoms with Crippen molar-refractivity contribution in [1.29, 1.82) is 0 Å². The van der Waals surface area contributed by atoms with Crippen LogP contribution in [0, 0.1) is 0 Å². The van der Waals surface area contributed by atoms with Crippen molar-refractivity contribution in [3.8, 4) is 0 Å². The van der Waals surface area contributed by atoms with Crippen LogP contribution >= 0.6 is 0 Å². The zero-order valence-electron chi connectivity index (χ0n) is 12.9. The smallest absolute Gasteiger partial charge is 0.0900 e. The van der Waals surface area contributed by atoms with Crippen molar-refractivity contribution in [3.05, 3.63) is 35.9 Å². The molecule has 1 aromatic carbocycles. The molecule has 1 aromatic rings. The van der Waals surface area contributed by atoms with E-state index in [0.29, 0.717) is 19.2 Å². The van der Waals surface area contributed by atoms with E-state index < -0.39 is 6.10 Å². The van der Waals surface area contributed by atoms with E-state index in [1.165, 1.54) is 18.4 Å². The van der Waals surface area contributed by atoms with Crippen LogP contribution in [-0.2, 0) is 4.74 Å². The van der Waals surface area contributed by atoms with Gasteiger partial charge in [-0.15, -0.1) is 0 Å². The highest BCUT2D eigenvalue weighted by molar-refractivity contribution is 5.20. The molecule has 1 aliphatic rings. The molecule has 0 aromatic heterocycles. The van der Waals surface area contributed by atoms with E-state index in [0.717, 1.165) is 6.54 Å². The fraction of sp³-hybridized carbons (Fsp3) is 0.647. The average molecular weight is 277 g/mol. The lowest BCUT2D eigenvalue weighted by Crippen LogP contribution is -2.36. The third kappa shape index (κ3) is 4.58. The summed E-state index contributed by atoms with van der Waals surface area (Å²) in [4.78, 5) is 2.38. The minimum Gasteiger partial charge on any atom is -0.389 e. The maximum Gasteiger partial charge on any atom is 0.0900 e. The second-order valence-corrected chi connectivity index (χ2v) is 6.64. The molecule has 1 heterocycles. The molecule has 3 nitrogen and oxygen atoms in total. The molecule has 1 aliphatic heterocycles. The van der Waals surface area contributed by atoms with Gasteiger partial charge in [0, 0.05) is 12.6 Å². The number of β-amino-alcohol motifs (C(OH)–C–C–N with tert-alkyl or cyclic N) is 1. The van der Waals surface area contributed by atoms with Crippen molar-refractivity contribution >= 4 is 0 Å². The Labute approximate surface area is 122 Å². The Morgan fingerprint density at radius 1 is 1.30 bits per heavy atom. The van der Waals surface area contributed by atoms with Crippen LogP contribution in [0.5, 0.6) is 0 Å². The van der Waals surface area contributed by atoms with Gasteiger partial charge in [0.1, 0.15) is 0 Å². The van der Waals surface area contributed by atoms with Crippen LogP contribution in [0.4, 0.5) is 0 Å². The van der Waals surface area contributed by atoms with Gasteiger partial charge in [-0.1, -0.05) is 30.3 Å². The van der Waals surface area contributed by atoms with Crippen molar-refractivity contribution in [2.75, 3.05) is 19.7 Å². The largest absolute Gasteiger partial charge is 0.389 e. The molecule has 2 rings (SSSR count). The van der Waals surface area contributed by atoms with Gasteiger partial charge in [-0.2, -0.15) is 0 Å². The summed E-state index contributed by atoms with van der Waals surface area (Å²) in [6.45, 7) is 8.20. The number of likely N-dealkylation sites (tertiary alicyclic amines) is 1. The predicted molar refractivity (Wildman–Crippen MR) is 81.7 cm³/mol. The Kier molecular flexibility index (Phi) is 5.19. The summed E-state index contributed by atoms with van der Waals surface area (Å²) in [6.07, 6.45) is 1.96. The number of aliphatic hydroxyl groups is 1. The predicted octanol–water partition coefficient (Wildman–Crippen LogP) is 3.00. The molecule has 0 amide bonds. The Balaban J connectivity index is 1.88.